The summed E-state index contributed by atoms with van der Waals surface area (Å²) in [6.45, 7) is 4.73. The molecule has 1 nitrogen and oxygen atoms in total. The molecule has 1 heterocycles. The summed E-state index contributed by atoms with van der Waals surface area (Å²) in [5.41, 5.74) is 8.94. The molecule has 0 aliphatic heterocycles. The first-order valence-electron chi connectivity index (χ1n) is 16.4. The topological polar surface area (TPSA) is 3.24 Å². The fourth-order valence-electron chi connectivity index (χ4n) is 8.15. The fraction of sp³-hybridized carbons (Fsp3) is 0.0667. The van der Waals surface area contributed by atoms with Crippen LogP contribution in [0.1, 0.15) is 25.0 Å². The number of thiophene rings is 1. The maximum atomic E-state index is 2.53. The molecule has 1 aliphatic carbocycles. The molecule has 1 aliphatic rings. The molecule has 0 radical (unpaired) electrons. The van der Waals surface area contributed by atoms with Crippen molar-refractivity contribution in [2.75, 3.05) is 4.90 Å². The van der Waals surface area contributed by atoms with E-state index >= 15 is 0 Å². The maximum Gasteiger partial charge on any atom is 0.0640 e. The smallest absolute Gasteiger partial charge is 0.0640 e. The number of rotatable bonds is 3. The molecule has 0 amide bonds. The molecule has 0 N–H and O–H groups in total. The monoisotopic (exact) mass is 617 g/mol. The minimum Gasteiger partial charge on any atom is -0.308 e. The van der Waals surface area contributed by atoms with E-state index in [1.807, 2.05) is 11.3 Å². The summed E-state index contributed by atoms with van der Waals surface area (Å²) in [7, 11) is 0. The van der Waals surface area contributed by atoms with Crippen LogP contribution in [0.3, 0.4) is 0 Å². The Bertz CT molecular complexity index is 2730. The lowest BCUT2D eigenvalue weighted by Gasteiger charge is -2.29. The van der Waals surface area contributed by atoms with E-state index in [4.69, 9.17) is 0 Å². The lowest BCUT2D eigenvalue weighted by molar-refractivity contribution is 0.660. The van der Waals surface area contributed by atoms with Gasteiger partial charge in [-0.1, -0.05) is 141 Å². The van der Waals surface area contributed by atoms with Gasteiger partial charge in [0.15, 0.2) is 0 Å². The van der Waals surface area contributed by atoms with Crippen LogP contribution < -0.4 is 4.90 Å². The lowest BCUT2D eigenvalue weighted by Crippen LogP contribution is -2.16. The number of nitrogens with zero attached hydrogens (tertiary/aromatic N) is 1. The van der Waals surface area contributed by atoms with E-state index in [-0.39, 0.29) is 5.41 Å². The molecule has 0 bridgehead atoms. The first kappa shape index (κ1) is 26.7. The highest BCUT2D eigenvalue weighted by atomic mass is 32.1. The van der Waals surface area contributed by atoms with Crippen LogP contribution in [-0.2, 0) is 5.41 Å². The molecule has 0 saturated heterocycles. The summed E-state index contributed by atoms with van der Waals surface area (Å²) in [5.74, 6) is 0. The molecule has 0 unspecified atom stereocenters. The third kappa shape index (κ3) is 3.77. The van der Waals surface area contributed by atoms with Gasteiger partial charge in [-0.05, 0) is 67.9 Å². The van der Waals surface area contributed by atoms with Crippen LogP contribution in [0.15, 0.2) is 152 Å². The van der Waals surface area contributed by atoms with Gasteiger partial charge in [0.05, 0.1) is 16.1 Å². The predicted molar refractivity (Wildman–Crippen MR) is 204 cm³/mol. The van der Waals surface area contributed by atoms with Gasteiger partial charge in [-0.25, -0.2) is 0 Å². The van der Waals surface area contributed by atoms with Gasteiger partial charge < -0.3 is 4.90 Å². The lowest BCUT2D eigenvalue weighted by atomic mass is 9.82. The quantitative estimate of drug-likeness (QED) is 0.178. The van der Waals surface area contributed by atoms with Crippen LogP contribution in [0.25, 0.3) is 63.6 Å². The summed E-state index contributed by atoms with van der Waals surface area (Å²) in [6, 6.07) is 56.3. The van der Waals surface area contributed by atoms with Gasteiger partial charge >= 0.3 is 0 Å². The standard InChI is InChI=1S/C45H31NS/c1-45(2)37-17-8-7-15-36(37)42-38(45)18-10-19-39(42)46(32-25-23-28-11-3-4-13-31(28)27-32)40-20-9-16-34-35-26-24-30-22-21-29-12-5-6-14-33(29)41(30)44(35)47-43(34)40/h3-27H,1-2H3. The van der Waals surface area contributed by atoms with Gasteiger partial charge in [-0.15, -0.1) is 11.3 Å². The zero-order chi connectivity index (χ0) is 31.3. The van der Waals surface area contributed by atoms with Crippen LogP contribution in [0.2, 0.25) is 0 Å². The Morgan fingerprint density at radius 1 is 0.468 bits per heavy atom. The molecule has 1 aromatic heterocycles. The Kier molecular flexibility index (Phi) is 5.57. The van der Waals surface area contributed by atoms with Crippen molar-refractivity contribution in [3.8, 4) is 11.1 Å². The second kappa shape index (κ2) is 9.78. The van der Waals surface area contributed by atoms with E-state index in [0.29, 0.717) is 0 Å². The highest BCUT2D eigenvalue weighted by Crippen LogP contribution is 2.55. The molecule has 47 heavy (non-hydrogen) atoms. The SMILES string of the molecule is CC1(C)c2ccccc2-c2c(N(c3ccc4ccccc4c3)c3cccc4c3sc3c4ccc4ccc5ccccc5c43)cccc21. The van der Waals surface area contributed by atoms with Gasteiger partial charge in [-0.3, -0.25) is 0 Å². The van der Waals surface area contributed by atoms with Crippen LogP contribution in [-0.4, -0.2) is 0 Å². The summed E-state index contributed by atoms with van der Waals surface area (Å²) >= 11 is 1.93. The molecular weight excluding hydrogens is 587 g/mol. The third-order valence-corrected chi connectivity index (χ3v) is 11.7. The minimum atomic E-state index is -0.0828. The molecular formula is C45H31NS. The van der Waals surface area contributed by atoms with E-state index < -0.39 is 0 Å². The second-order valence-corrected chi connectivity index (χ2v) is 14.3. The van der Waals surface area contributed by atoms with Crippen molar-refractivity contribution in [1.29, 1.82) is 0 Å². The van der Waals surface area contributed by atoms with Gasteiger partial charge in [0.1, 0.15) is 0 Å². The number of benzene rings is 8. The van der Waals surface area contributed by atoms with Crippen LogP contribution in [0, 0.1) is 0 Å². The normalized spacial score (nSPS) is 13.5. The van der Waals surface area contributed by atoms with Crippen LogP contribution in [0.4, 0.5) is 17.1 Å². The number of fused-ring (bicyclic) bond motifs is 11. The van der Waals surface area contributed by atoms with Crippen LogP contribution in [0.5, 0.6) is 0 Å². The van der Waals surface area contributed by atoms with Crippen molar-refractivity contribution in [2.45, 2.75) is 19.3 Å². The Morgan fingerprint density at radius 3 is 2.02 bits per heavy atom. The maximum absolute atomic E-state index is 2.53. The minimum absolute atomic E-state index is 0.0828. The molecule has 0 atom stereocenters. The summed E-state index contributed by atoms with van der Waals surface area (Å²) in [5, 5.41) is 10.3. The zero-order valence-corrected chi connectivity index (χ0v) is 27.1. The highest BCUT2D eigenvalue weighted by molar-refractivity contribution is 7.27. The Labute approximate surface area is 278 Å². The molecule has 0 saturated carbocycles. The van der Waals surface area contributed by atoms with E-state index in [9.17, 15) is 0 Å². The van der Waals surface area contributed by atoms with E-state index in [1.165, 1.54) is 91.8 Å². The summed E-state index contributed by atoms with van der Waals surface area (Å²) in [4.78, 5) is 2.53. The van der Waals surface area contributed by atoms with E-state index in [2.05, 4.69) is 170 Å². The molecule has 222 valence electrons. The van der Waals surface area contributed by atoms with Gasteiger partial charge in [0.2, 0.25) is 0 Å². The highest BCUT2D eigenvalue weighted by Gasteiger charge is 2.38. The van der Waals surface area contributed by atoms with Gasteiger partial charge in [0.25, 0.3) is 0 Å². The van der Waals surface area contributed by atoms with Crippen LogP contribution >= 0.6 is 11.3 Å². The zero-order valence-electron chi connectivity index (χ0n) is 26.3. The molecule has 0 spiro atoms. The van der Waals surface area contributed by atoms with Crippen molar-refractivity contribution in [3.63, 3.8) is 0 Å². The van der Waals surface area contributed by atoms with Gasteiger partial charge in [-0.2, -0.15) is 0 Å². The first-order chi connectivity index (χ1) is 23.1. The van der Waals surface area contributed by atoms with E-state index in [1.54, 1.807) is 0 Å². The molecule has 0 fully saturated rings. The van der Waals surface area contributed by atoms with Crippen molar-refractivity contribution >= 4 is 80.9 Å². The Hall–Kier alpha value is -5.44. The van der Waals surface area contributed by atoms with E-state index in [0.717, 1.165) is 0 Å². The Morgan fingerprint density at radius 2 is 1.11 bits per heavy atom. The molecule has 10 rings (SSSR count). The number of anilines is 3. The predicted octanol–water partition coefficient (Wildman–Crippen LogP) is 13.3. The van der Waals surface area contributed by atoms with Crippen molar-refractivity contribution in [3.05, 3.63) is 163 Å². The largest absolute Gasteiger partial charge is 0.308 e. The summed E-state index contributed by atoms with van der Waals surface area (Å²) in [6.07, 6.45) is 0. The fourth-order valence-corrected chi connectivity index (χ4v) is 9.52. The number of hydrogen-bond acceptors (Lipinski definition) is 2. The Balaban J connectivity index is 1.32. The average molecular weight is 618 g/mol. The molecule has 8 aromatic carbocycles. The van der Waals surface area contributed by atoms with Crippen molar-refractivity contribution in [1.82, 2.24) is 0 Å². The van der Waals surface area contributed by atoms with Crippen molar-refractivity contribution in [2.24, 2.45) is 0 Å². The average Bonchev–Trinajstić information content (AvgIpc) is 3.61. The number of hydrogen-bond donors (Lipinski definition) is 0. The summed E-state index contributed by atoms with van der Waals surface area (Å²) < 4.78 is 2.66. The molecule has 2 heteroatoms. The molecule has 9 aromatic rings. The first-order valence-corrected chi connectivity index (χ1v) is 17.2. The van der Waals surface area contributed by atoms with Crippen molar-refractivity contribution < 1.29 is 0 Å². The second-order valence-electron chi connectivity index (χ2n) is 13.3. The van der Waals surface area contributed by atoms with Gasteiger partial charge in [0, 0.05) is 37.5 Å². The third-order valence-electron chi connectivity index (χ3n) is 10.4.